The number of hydrogen-bond donors (Lipinski definition) is 1. The number of piperidine rings is 1. The SMILES string of the molecule is CCNc1nccc(C(=O)N2CCC(OC)CC2)c1F. The first-order valence-electron chi connectivity index (χ1n) is 6.87. The van der Waals surface area contributed by atoms with E-state index in [4.69, 9.17) is 4.74 Å². The second-order valence-corrected chi connectivity index (χ2v) is 4.78. The van der Waals surface area contributed by atoms with Crippen LogP contribution in [0.2, 0.25) is 0 Å². The maximum absolute atomic E-state index is 14.2. The van der Waals surface area contributed by atoms with E-state index in [1.807, 2.05) is 6.92 Å². The van der Waals surface area contributed by atoms with Gasteiger partial charge >= 0.3 is 0 Å². The molecule has 0 saturated carbocycles. The van der Waals surface area contributed by atoms with Gasteiger partial charge in [0, 0.05) is 32.9 Å². The minimum absolute atomic E-state index is 0.0758. The summed E-state index contributed by atoms with van der Waals surface area (Å²) >= 11 is 0. The molecule has 1 fully saturated rings. The van der Waals surface area contributed by atoms with Gasteiger partial charge in [-0.25, -0.2) is 9.37 Å². The molecule has 6 heteroatoms. The molecule has 2 heterocycles. The normalized spacial score (nSPS) is 16.2. The summed E-state index contributed by atoms with van der Waals surface area (Å²) in [5.74, 6) is -0.725. The number of ether oxygens (including phenoxy) is 1. The highest BCUT2D eigenvalue weighted by molar-refractivity contribution is 5.95. The Morgan fingerprint density at radius 2 is 2.25 bits per heavy atom. The van der Waals surface area contributed by atoms with Gasteiger partial charge < -0.3 is 15.0 Å². The van der Waals surface area contributed by atoms with Gasteiger partial charge in [-0.15, -0.1) is 0 Å². The highest BCUT2D eigenvalue weighted by atomic mass is 19.1. The van der Waals surface area contributed by atoms with Gasteiger partial charge in [0.1, 0.15) is 0 Å². The number of rotatable bonds is 4. The van der Waals surface area contributed by atoms with Crippen LogP contribution >= 0.6 is 0 Å². The van der Waals surface area contributed by atoms with E-state index in [2.05, 4.69) is 10.3 Å². The van der Waals surface area contributed by atoms with Gasteiger partial charge in [-0.2, -0.15) is 0 Å². The van der Waals surface area contributed by atoms with E-state index in [-0.39, 0.29) is 23.4 Å². The van der Waals surface area contributed by atoms with Crippen molar-refractivity contribution in [3.63, 3.8) is 0 Å². The Labute approximate surface area is 118 Å². The van der Waals surface area contributed by atoms with Crippen molar-refractivity contribution < 1.29 is 13.9 Å². The second kappa shape index (κ2) is 6.65. The Morgan fingerprint density at radius 3 is 2.85 bits per heavy atom. The molecule has 0 aromatic carbocycles. The summed E-state index contributed by atoms with van der Waals surface area (Å²) in [4.78, 5) is 17.9. The van der Waals surface area contributed by atoms with E-state index in [0.717, 1.165) is 12.8 Å². The van der Waals surface area contributed by atoms with E-state index < -0.39 is 5.82 Å². The summed E-state index contributed by atoms with van der Waals surface area (Å²) in [7, 11) is 1.67. The predicted octanol–water partition coefficient (Wildman–Crippen LogP) is 1.90. The zero-order valence-electron chi connectivity index (χ0n) is 11.9. The Kier molecular flexibility index (Phi) is 4.89. The number of carbonyl (C=O) groups is 1. The molecular formula is C14H20FN3O2. The molecular weight excluding hydrogens is 261 g/mol. The molecule has 1 aromatic heterocycles. The van der Waals surface area contributed by atoms with Crippen LogP contribution in [0.3, 0.4) is 0 Å². The van der Waals surface area contributed by atoms with Crippen molar-refractivity contribution in [2.45, 2.75) is 25.9 Å². The largest absolute Gasteiger partial charge is 0.381 e. The molecule has 0 bridgehead atoms. The van der Waals surface area contributed by atoms with Crippen LogP contribution in [-0.4, -0.2) is 48.6 Å². The molecule has 110 valence electrons. The van der Waals surface area contributed by atoms with Crippen LogP contribution in [0.15, 0.2) is 12.3 Å². The van der Waals surface area contributed by atoms with E-state index in [9.17, 15) is 9.18 Å². The third-order valence-electron chi connectivity index (χ3n) is 3.53. The molecule has 2 rings (SSSR count). The summed E-state index contributed by atoms with van der Waals surface area (Å²) in [5.41, 5.74) is 0.0758. The Bertz CT molecular complexity index is 473. The van der Waals surface area contributed by atoms with Crippen LogP contribution in [0, 0.1) is 5.82 Å². The van der Waals surface area contributed by atoms with E-state index >= 15 is 0 Å². The third kappa shape index (κ3) is 3.07. The number of aromatic nitrogens is 1. The molecule has 5 nitrogen and oxygen atoms in total. The lowest BCUT2D eigenvalue weighted by Crippen LogP contribution is -2.41. The average Bonchev–Trinajstić information content (AvgIpc) is 2.49. The van der Waals surface area contributed by atoms with Gasteiger partial charge in [0.2, 0.25) is 0 Å². The van der Waals surface area contributed by atoms with Gasteiger partial charge in [-0.3, -0.25) is 4.79 Å². The van der Waals surface area contributed by atoms with E-state index in [0.29, 0.717) is 19.6 Å². The Morgan fingerprint density at radius 1 is 1.55 bits per heavy atom. The molecule has 0 atom stereocenters. The number of anilines is 1. The monoisotopic (exact) mass is 281 g/mol. The highest BCUT2D eigenvalue weighted by Gasteiger charge is 2.26. The number of likely N-dealkylation sites (tertiary alicyclic amines) is 1. The van der Waals surface area contributed by atoms with Crippen molar-refractivity contribution >= 4 is 11.7 Å². The standard InChI is InChI=1S/C14H20FN3O2/c1-3-16-13-12(15)11(4-7-17-13)14(19)18-8-5-10(20-2)6-9-18/h4,7,10H,3,5-6,8-9H2,1-2H3,(H,16,17). The molecule has 1 aliphatic rings. The molecule has 0 unspecified atom stereocenters. The Hall–Kier alpha value is -1.69. The van der Waals surface area contributed by atoms with E-state index in [1.54, 1.807) is 12.0 Å². The quantitative estimate of drug-likeness (QED) is 0.916. The second-order valence-electron chi connectivity index (χ2n) is 4.78. The zero-order chi connectivity index (χ0) is 14.5. The van der Waals surface area contributed by atoms with Crippen LogP contribution in [0.4, 0.5) is 10.2 Å². The van der Waals surface area contributed by atoms with Gasteiger partial charge in [-0.05, 0) is 25.8 Å². The van der Waals surface area contributed by atoms with Gasteiger partial charge in [0.25, 0.3) is 5.91 Å². The van der Waals surface area contributed by atoms with Gasteiger partial charge in [0.05, 0.1) is 11.7 Å². The van der Waals surface area contributed by atoms with E-state index in [1.165, 1.54) is 12.3 Å². The van der Waals surface area contributed by atoms with Crippen molar-refractivity contribution in [3.05, 3.63) is 23.6 Å². The van der Waals surface area contributed by atoms with Crippen molar-refractivity contribution in [1.29, 1.82) is 0 Å². The van der Waals surface area contributed by atoms with Gasteiger partial charge in [0.15, 0.2) is 11.6 Å². The molecule has 1 amide bonds. The van der Waals surface area contributed by atoms with Crippen LogP contribution in [0.1, 0.15) is 30.1 Å². The number of halogens is 1. The number of methoxy groups -OCH3 is 1. The molecule has 0 aliphatic carbocycles. The maximum Gasteiger partial charge on any atom is 0.257 e. The predicted molar refractivity (Wildman–Crippen MR) is 74.3 cm³/mol. The molecule has 1 aliphatic heterocycles. The fraction of sp³-hybridized carbons (Fsp3) is 0.571. The average molecular weight is 281 g/mol. The molecule has 1 saturated heterocycles. The summed E-state index contributed by atoms with van der Waals surface area (Å²) < 4.78 is 19.5. The lowest BCUT2D eigenvalue weighted by molar-refractivity contribution is 0.0348. The summed E-state index contributed by atoms with van der Waals surface area (Å²) in [5, 5.41) is 2.81. The van der Waals surface area contributed by atoms with Crippen LogP contribution < -0.4 is 5.32 Å². The van der Waals surface area contributed by atoms with Crippen molar-refractivity contribution in [2.75, 3.05) is 32.1 Å². The minimum atomic E-state index is -0.576. The number of nitrogens with one attached hydrogen (secondary N) is 1. The first-order chi connectivity index (χ1) is 9.67. The van der Waals surface area contributed by atoms with Crippen LogP contribution in [-0.2, 0) is 4.74 Å². The highest BCUT2D eigenvalue weighted by Crippen LogP contribution is 2.20. The number of hydrogen-bond acceptors (Lipinski definition) is 4. The zero-order valence-corrected chi connectivity index (χ0v) is 11.9. The van der Waals surface area contributed by atoms with Crippen molar-refractivity contribution in [1.82, 2.24) is 9.88 Å². The van der Waals surface area contributed by atoms with Crippen molar-refractivity contribution in [2.24, 2.45) is 0 Å². The number of pyridine rings is 1. The maximum atomic E-state index is 14.2. The molecule has 1 aromatic rings. The number of carbonyl (C=O) groups excluding carboxylic acids is 1. The van der Waals surface area contributed by atoms with Gasteiger partial charge in [-0.1, -0.05) is 0 Å². The lowest BCUT2D eigenvalue weighted by atomic mass is 10.1. The molecule has 1 N–H and O–H groups in total. The molecule has 0 radical (unpaired) electrons. The summed E-state index contributed by atoms with van der Waals surface area (Å²) in [6.07, 6.45) is 3.22. The topological polar surface area (TPSA) is 54.5 Å². The fourth-order valence-electron chi connectivity index (χ4n) is 2.36. The fourth-order valence-corrected chi connectivity index (χ4v) is 2.36. The third-order valence-corrected chi connectivity index (χ3v) is 3.53. The van der Waals surface area contributed by atoms with Crippen LogP contribution in [0.5, 0.6) is 0 Å². The van der Waals surface area contributed by atoms with Crippen molar-refractivity contribution in [3.8, 4) is 0 Å². The number of nitrogens with zero attached hydrogens (tertiary/aromatic N) is 2. The van der Waals surface area contributed by atoms with Crippen LogP contribution in [0.25, 0.3) is 0 Å². The Balaban J connectivity index is 2.11. The summed E-state index contributed by atoms with van der Waals surface area (Å²) in [6, 6.07) is 1.43. The lowest BCUT2D eigenvalue weighted by Gasteiger charge is -2.31. The smallest absolute Gasteiger partial charge is 0.257 e. The molecule has 0 spiro atoms. The molecule has 20 heavy (non-hydrogen) atoms. The first kappa shape index (κ1) is 14.7. The first-order valence-corrected chi connectivity index (χ1v) is 6.87. The number of amides is 1. The minimum Gasteiger partial charge on any atom is -0.381 e. The summed E-state index contributed by atoms with van der Waals surface area (Å²) in [6.45, 7) is 3.59.